The number of aryl methyl sites for hydroxylation is 1. The first-order valence-corrected chi connectivity index (χ1v) is 9.75. The van der Waals surface area contributed by atoms with Gasteiger partial charge >= 0.3 is 0 Å². The average Bonchev–Trinajstić information content (AvgIpc) is 3.24. The van der Waals surface area contributed by atoms with E-state index >= 15 is 0 Å². The lowest BCUT2D eigenvalue weighted by Gasteiger charge is -2.12. The Hall–Kier alpha value is -3.28. The van der Waals surface area contributed by atoms with E-state index < -0.39 is 0 Å². The number of hydrogen-bond donors (Lipinski definition) is 1. The Morgan fingerprint density at radius 3 is 2.45 bits per heavy atom. The average molecular weight is 393 g/mol. The summed E-state index contributed by atoms with van der Waals surface area (Å²) in [4.78, 5) is 25.2. The summed E-state index contributed by atoms with van der Waals surface area (Å²) in [6.45, 7) is 1.68. The van der Waals surface area contributed by atoms with Gasteiger partial charge in [0.2, 0.25) is 11.2 Å². The summed E-state index contributed by atoms with van der Waals surface area (Å²) >= 11 is 0. The van der Waals surface area contributed by atoms with Crippen molar-refractivity contribution >= 4 is 16.9 Å². The van der Waals surface area contributed by atoms with Crippen molar-refractivity contribution in [3.63, 3.8) is 0 Å². The first-order valence-electron chi connectivity index (χ1n) is 9.75. The summed E-state index contributed by atoms with van der Waals surface area (Å²) in [6.07, 6.45) is 4.40. The molecule has 4 rings (SSSR count). The van der Waals surface area contributed by atoms with Crippen molar-refractivity contribution in [1.29, 1.82) is 0 Å². The van der Waals surface area contributed by atoms with Gasteiger partial charge in [-0.15, -0.1) is 0 Å². The van der Waals surface area contributed by atoms with E-state index in [1.54, 1.807) is 56.5 Å². The van der Waals surface area contributed by atoms with Crippen molar-refractivity contribution in [2.75, 3.05) is 7.11 Å². The predicted molar refractivity (Wildman–Crippen MR) is 110 cm³/mol. The molecule has 1 amide bonds. The molecule has 0 atom stereocenters. The van der Waals surface area contributed by atoms with Crippen molar-refractivity contribution in [2.45, 2.75) is 38.6 Å². The number of hydrogen-bond acceptors (Lipinski definition) is 5. The molecule has 0 unspecified atom stereocenters. The number of carbonyl (C=O) groups is 1. The normalized spacial score (nSPS) is 14.1. The van der Waals surface area contributed by atoms with Gasteiger partial charge in [-0.25, -0.2) is 0 Å². The van der Waals surface area contributed by atoms with Crippen LogP contribution in [0.5, 0.6) is 17.2 Å². The highest BCUT2D eigenvalue weighted by atomic mass is 16.5. The topological polar surface area (TPSA) is 77.8 Å². The van der Waals surface area contributed by atoms with Crippen molar-refractivity contribution in [2.24, 2.45) is 0 Å². The van der Waals surface area contributed by atoms with E-state index in [0.717, 1.165) is 25.7 Å². The Balaban J connectivity index is 1.55. The SMILES string of the molecule is COc1ccc2c(=O)c(Oc3ccc(C(=O)NC4CCCC4)cc3)c(C)oc2c1. The summed E-state index contributed by atoms with van der Waals surface area (Å²) in [7, 11) is 1.56. The van der Waals surface area contributed by atoms with Crippen LogP contribution in [-0.2, 0) is 0 Å². The minimum absolute atomic E-state index is 0.0844. The highest BCUT2D eigenvalue weighted by molar-refractivity contribution is 5.94. The minimum Gasteiger partial charge on any atom is -0.497 e. The van der Waals surface area contributed by atoms with Crippen LogP contribution >= 0.6 is 0 Å². The van der Waals surface area contributed by atoms with Gasteiger partial charge in [-0.05, 0) is 56.2 Å². The lowest BCUT2D eigenvalue weighted by atomic mass is 10.1. The van der Waals surface area contributed by atoms with Crippen LogP contribution in [0.3, 0.4) is 0 Å². The van der Waals surface area contributed by atoms with Gasteiger partial charge in [0.25, 0.3) is 5.91 Å². The second-order valence-corrected chi connectivity index (χ2v) is 7.26. The van der Waals surface area contributed by atoms with Crippen LogP contribution in [0.15, 0.2) is 51.7 Å². The van der Waals surface area contributed by atoms with Crippen LogP contribution in [0, 0.1) is 6.92 Å². The van der Waals surface area contributed by atoms with E-state index in [9.17, 15) is 9.59 Å². The molecule has 0 aliphatic heterocycles. The number of amides is 1. The zero-order chi connectivity index (χ0) is 20.4. The molecule has 29 heavy (non-hydrogen) atoms. The molecular formula is C23H23NO5. The molecule has 2 aromatic carbocycles. The third-order valence-corrected chi connectivity index (χ3v) is 5.25. The molecule has 1 saturated carbocycles. The largest absolute Gasteiger partial charge is 0.497 e. The first kappa shape index (κ1) is 19.1. The van der Waals surface area contributed by atoms with E-state index in [1.807, 2.05) is 0 Å². The standard InChI is InChI=1S/C23H23NO5/c1-14-22(21(25)19-12-11-18(27-2)13-20(19)28-14)29-17-9-7-15(8-10-17)23(26)24-16-5-3-4-6-16/h7-13,16H,3-6H2,1-2H3,(H,24,26). The third-order valence-electron chi connectivity index (χ3n) is 5.25. The van der Waals surface area contributed by atoms with Gasteiger partial charge in [-0.3, -0.25) is 9.59 Å². The molecule has 1 heterocycles. The van der Waals surface area contributed by atoms with Gasteiger partial charge in [0.05, 0.1) is 12.5 Å². The summed E-state index contributed by atoms with van der Waals surface area (Å²) < 4.78 is 16.7. The first-order chi connectivity index (χ1) is 14.0. The van der Waals surface area contributed by atoms with Crippen molar-refractivity contribution in [3.8, 4) is 17.2 Å². The summed E-state index contributed by atoms with van der Waals surface area (Å²) in [5, 5.41) is 3.47. The maximum Gasteiger partial charge on any atom is 0.251 e. The zero-order valence-electron chi connectivity index (χ0n) is 16.5. The summed E-state index contributed by atoms with van der Waals surface area (Å²) in [5.41, 5.74) is 0.756. The quantitative estimate of drug-likeness (QED) is 0.687. The predicted octanol–water partition coefficient (Wildman–Crippen LogP) is 4.57. The second-order valence-electron chi connectivity index (χ2n) is 7.26. The maximum atomic E-state index is 12.8. The van der Waals surface area contributed by atoms with Gasteiger partial charge in [0, 0.05) is 17.7 Å². The van der Waals surface area contributed by atoms with Crippen LogP contribution in [0.2, 0.25) is 0 Å². The molecule has 3 aromatic rings. The molecule has 6 heteroatoms. The zero-order valence-corrected chi connectivity index (χ0v) is 16.5. The molecule has 1 fully saturated rings. The second kappa shape index (κ2) is 7.99. The van der Waals surface area contributed by atoms with Gasteiger partial charge in [-0.2, -0.15) is 0 Å². The smallest absolute Gasteiger partial charge is 0.251 e. The number of rotatable bonds is 5. The van der Waals surface area contributed by atoms with Crippen LogP contribution in [-0.4, -0.2) is 19.1 Å². The van der Waals surface area contributed by atoms with Gasteiger partial charge in [0.15, 0.2) is 0 Å². The Labute approximate surface area is 168 Å². The van der Waals surface area contributed by atoms with Crippen LogP contribution in [0.4, 0.5) is 0 Å². The van der Waals surface area contributed by atoms with Crippen molar-refractivity contribution < 1.29 is 18.7 Å². The summed E-state index contributed by atoms with van der Waals surface area (Å²) in [6, 6.07) is 12.1. The molecule has 150 valence electrons. The lowest BCUT2D eigenvalue weighted by molar-refractivity contribution is 0.0938. The molecule has 0 saturated heterocycles. The highest BCUT2D eigenvalue weighted by Crippen LogP contribution is 2.27. The number of fused-ring (bicyclic) bond motifs is 1. The minimum atomic E-state index is -0.255. The molecule has 0 spiro atoms. The fraction of sp³-hybridized carbons (Fsp3) is 0.304. The molecule has 1 aliphatic carbocycles. The Morgan fingerprint density at radius 2 is 1.76 bits per heavy atom. The van der Waals surface area contributed by atoms with Crippen LogP contribution < -0.4 is 20.2 Å². The maximum absolute atomic E-state index is 12.8. The molecule has 0 radical (unpaired) electrons. The van der Waals surface area contributed by atoms with Crippen LogP contribution in [0.1, 0.15) is 41.8 Å². The van der Waals surface area contributed by atoms with Crippen molar-refractivity contribution in [1.82, 2.24) is 5.32 Å². The Bertz CT molecular complexity index is 1090. The number of nitrogens with one attached hydrogen (secondary N) is 1. The molecule has 6 nitrogen and oxygen atoms in total. The molecule has 1 aromatic heterocycles. The molecule has 1 aliphatic rings. The monoisotopic (exact) mass is 393 g/mol. The lowest BCUT2D eigenvalue weighted by Crippen LogP contribution is -2.32. The number of ether oxygens (including phenoxy) is 2. The molecule has 0 bridgehead atoms. The van der Waals surface area contributed by atoms with Crippen LogP contribution in [0.25, 0.3) is 11.0 Å². The van der Waals surface area contributed by atoms with Crippen molar-refractivity contribution in [3.05, 3.63) is 64.0 Å². The van der Waals surface area contributed by atoms with E-state index in [4.69, 9.17) is 13.9 Å². The molecule has 1 N–H and O–H groups in total. The number of carbonyl (C=O) groups excluding carboxylic acids is 1. The Morgan fingerprint density at radius 1 is 1.07 bits per heavy atom. The van der Waals surface area contributed by atoms with Gasteiger partial charge < -0.3 is 19.2 Å². The van der Waals surface area contributed by atoms with E-state index in [0.29, 0.717) is 33.8 Å². The van der Waals surface area contributed by atoms with E-state index in [-0.39, 0.29) is 23.1 Å². The van der Waals surface area contributed by atoms with Gasteiger partial charge in [-0.1, -0.05) is 12.8 Å². The third kappa shape index (κ3) is 3.97. The molecular weight excluding hydrogens is 370 g/mol. The summed E-state index contributed by atoms with van der Waals surface area (Å²) in [5.74, 6) is 1.49. The fourth-order valence-corrected chi connectivity index (χ4v) is 3.64. The van der Waals surface area contributed by atoms with E-state index in [2.05, 4.69) is 5.32 Å². The number of benzene rings is 2. The Kier molecular flexibility index (Phi) is 5.25. The fourth-order valence-electron chi connectivity index (χ4n) is 3.64. The van der Waals surface area contributed by atoms with Gasteiger partial charge in [0.1, 0.15) is 22.8 Å². The number of methoxy groups -OCH3 is 1. The highest BCUT2D eigenvalue weighted by Gasteiger charge is 2.18. The van der Waals surface area contributed by atoms with E-state index in [1.165, 1.54) is 0 Å².